The number of hydrogen-bond donors (Lipinski definition) is 1. The van der Waals surface area contributed by atoms with Crippen LogP contribution in [0, 0.1) is 11.8 Å². The van der Waals surface area contributed by atoms with E-state index in [4.69, 9.17) is 4.99 Å². The van der Waals surface area contributed by atoms with Crippen LogP contribution in [-0.4, -0.2) is 17.8 Å². The van der Waals surface area contributed by atoms with Crippen LogP contribution in [0.25, 0.3) is 0 Å². The molecule has 0 radical (unpaired) electrons. The zero-order valence-electron chi connectivity index (χ0n) is 12.8. The minimum Gasteiger partial charge on any atom is -0.386 e. The summed E-state index contributed by atoms with van der Waals surface area (Å²) in [5, 5.41) is 3.52. The molecule has 0 aliphatic rings. The van der Waals surface area contributed by atoms with Crippen molar-refractivity contribution in [3.05, 3.63) is 11.8 Å². The van der Waals surface area contributed by atoms with Gasteiger partial charge in [0, 0.05) is 23.5 Å². The molecule has 0 amide bonds. The molecule has 0 rings (SSSR count). The highest BCUT2D eigenvalue weighted by Crippen LogP contribution is 2.11. The van der Waals surface area contributed by atoms with Gasteiger partial charge in [-0.2, -0.15) is 0 Å². The first-order valence-corrected chi connectivity index (χ1v) is 6.79. The van der Waals surface area contributed by atoms with Crippen molar-refractivity contribution in [1.29, 1.82) is 0 Å². The average molecular weight is 238 g/mol. The van der Waals surface area contributed by atoms with Gasteiger partial charge in [-0.3, -0.25) is 4.99 Å². The third-order valence-corrected chi connectivity index (χ3v) is 2.38. The van der Waals surface area contributed by atoms with Crippen LogP contribution in [0.2, 0.25) is 0 Å². The molecule has 0 aliphatic carbocycles. The fourth-order valence-corrected chi connectivity index (χ4v) is 1.52. The van der Waals surface area contributed by atoms with E-state index in [0.717, 1.165) is 0 Å². The van der Waals surface area contributed by atoms with Crippen molar-refractivity contribution < 1.29 is 0 Å². The second-order valence-electron chi connectivity index (χ2n) is 5.86. The van der Waals surface area contributed by atoms with Crippen LogP contribution in [-0.2, 0) is 0 Å². The third-order valence-electron chi connectivity index (χ3n) is 2.38. The molecule has 0 aromatic heterocycles. The van der Waals surface area contributed by atoms with E-state index in [2.05, 4.69) is 66.8 Å². The van der Waals surface area contributed by atoms with Crippen LogP contribution in [0.5, 0.6) is 0 Å². The first-order chi connectivity index (χ1) is 7.73. The molecule has 2 heteroatoms. The second kappa shape index (κ2) is 7.52. The zero-order valence-corrected chi connectivity index (χ0v) is 12.8. The highest BCUT2D eigenvalue weighted by Gasteiger charge is 2.09. The molecular formula is C15H30N2. The maximum atomic E-state index is 4.71. The molecule has 0 fully saturated rings. The molecule has 0 aromatic carbocycles. The summed E-state index contributed by atoms with van der Waals surface area (Å²) in [4.78, 5) is 4.71. The van der Waals surface area contributed by atoms with Gasteiger partial charge in [-0.1, -0.05) is 27.7 Å². The monoisotopic (exact) mass is 238 g/mol. The van der Waals surface area contributed by atoms with Crippen molar-refractivity contribution in [3.63, 3.8) is 0 Å². The molecule has 0 aromatic rings. The Labute approximate surface area is 108 Å². The van der Waals surface area contributed by atoms with E-state index < -0.39 is 0 Å². The number of allylic oxidation sites excluding steroid dienone is 2. The van der Waals surface area contributed by atoms with Crippen LogP contribution >= 0.6 is 0 Å². The van der Waals surface area contributed by atoms with Crippen molar-refractivity contribution >= 4 is 5.71 Å². The van der Waals surface area contributed by atoms with Gasteiger partial charge >= 0.3 is 0 Å². The van der Waals surface area contributed by atoms with Crippen molar-refractivity contribution in [2.75, 3.05) is 0 Å². The highest BCUT2D eigenvalue weighted by molar-refractivity contribution is 5.97. The topological polar surface area (TPSA) is 24.4 Å². The lowest BCUT2D eigenvalue weighted by atomic mass is 10.0. The molecule has 100 valence electrons. The van der Waals surface area contributed by atoms with Gasteiger partial charge in [0.15, 0.2) is 0 Å². The smallest absolute Gasteiger partial charge is 0.0446 e. The largest absolute Gasteiger partial charge is 0.386 e. The first-order valence-electron chi connectivity index (χ1n) is 6.79. The molecular weight excluding hydrogens is 208 g/mol. The molecule has 17 heavy (non-hydrogen) atoms. The van der Waals surface area contributed by atoms with E-state index in [1.807, 2.05) is 0 Å². The number of nitrogens with one attached hydrogen (secondary N) is 1. The lowest BCUT2D eigenvalue weighted by molar-refractivity contribution is 0.589. The Morgan fingerprint density at radius 1 is 0.882 bits per heavy atom. The molecule has 0 heterocycles. The maximum absolute atomic E-state index is 4.71. The zero-order chi connectivity index (χ0) is 13.6. The lowest BCUT2D eigenvalue weighted by Crippen LogP contribution is -2.26. The van der Waals surface area contributed by atoms with Crippen LogP contribution < -0.4 is 5.32 Å². The van der Waals surface area contributed by atoms with Gasteiger partial charge in [0.05, 0.1) is 0 Å². The molecule has 0 saturated carbocycles. The van der Waals surface area contributed by atoms with E-state index in [1.165, 1.54) is 11.4 Å². The van der Waals surface area contributed by atoms with E-state index in [1.54, 1.807) is 0 Å². The number of rotatable bonds is 6. The fraction of sp³-hybridized carbons (Fsp3) is 0.800. The van der Waals surface area contributed by atoms with Crippen LogP contribution in [0.4, 0.5) is 0 Å². The summed E-state index contributed by atoms with van der Waals surface area (Å²) in [6.07, 6.45) is 2.23. The van der Waals surface area contributed by atoms with Gasteiger partial charge < -0.3 is 5.32 Å². The van der Waals surface area contributed by atoms with Gasteiger partial charge in [-0.15, -0.1) is 0 Å². The average Bonchev–Trinajstić information content (AvgIpc) is 2.13. The standard InChI is InChI=1S/C15H30N2/c1-10(2)14(16-12(5)6)9-15(11(3)4)17-13(7)8/h9-13,16H,1-8H3. The van der Waals surface area contributed by atoms with Crippen LogP contribution in [0.15, 0.2) is 16.8 Å². The van der Waals surface area contributed by atoms with Crippen molar-refractivity contribution in [1.82, 2.24) is 5.32 Å². The summed E-state index contributed by atoms with van der Waals surface area (Å²) in [5.41, 5.74) is 2.48. The Hall–Kier alpha value is -0.790. The quantitative estimate of drug-likeness (QED) is 0.694. The van der Waals surface area contributed by atoms with Crippen LogP contribution in [0.1, 0.15) is 55.4 Å². The molecule has 0 unspecified atom stereocenters. The third kappa shape index (κ3) is 7.19. The fourth-order valence-electron chi connectivity index (χ4n) is 1.52. The van der Waals surface area contributed by atoms with Crippen molar-refractivity contribution in [2.45, 2.75) is 67.5 Å². The molecule has 1 N–H and O–H groups in total. The van der Waals surface area contributed by atoms with Gasteiger partial charge in [0.1, 0.15) is 0 Å². The number of aliphatic imine (C=N–C) groups is 1. The highest BCUT2D eigenvalue weighted by atomic mass is 14.9. The Morgan fingerprint density at radius 2 is 1.41 bits per heavy atom. The normalized spacial score (nSPS) is 14.4. The number of hydrogen-bond acceptors (Lipinski definition) is 2. The maximum Gasteiger partial charge on any atom is 0.0446 e. The van der Waals surface area contributed by atoms with Crippen LogP contribution in [0.3, 0.4) is 0 Å². The Morgan fingerprint density at radius 3 is 1.71 bits per heavy atom. The second-order valence-corrected chi connectivity index (χ2v) is 5.86. The van der Waals surface area contributed by atoms with Crippen molar-refractivity contribution in [2.24, 2.45) is 16.8 Å². The summed E-state index contributed by atoms with van der Waals surface area (Å²) in [7, 11) is 0. The molecule has 2 nitrogen and oxygen atoms in total. The van der Waals surface area contributed by atoms with E-state index in [0.29, 0.717) is 23.9 Å². The lowest BCUT2D eigenvalue weighted by Gasteiger charge is -2.19. The summed E-state index contributed by atoms with van der Waals surface area (Å²) >= 11 is 0. The Balaban J connectivity index is 5.09. The van der Waals surface area contributed by atoms with E-state index in [-0.39, 0.29) is 0 Å². The van der Waals surface area contributed by atoms with Crippen molar-refractivity contribution in [3.8, 4) is 0 Å². The molecule has 0 saturated heterocycles. The first kappa shape index (κ1) is 16.2. The van der Waals surface area contributed by atoms with Gasteiger partial charge in [0.25, 0.3) is 0 Å². The summed E-state index contributed by atoms with van der Waals surface area (Å²) in [5.74, 6) is 0.980. The molecule has 0 atom stereocenters. The summed E-state index contributed by atoms with van der Waals surface area (Å²) < 4.78 is 0. The summed E-state index contributed by atoms with van der Waals surface area (Å²) in [6, 6.07) is 0.826. The SMILES string of the molecule is CC(C)N=C(C=C(NC(C)C)C(C)C)C(C)C. The minimum absolute atomic E-state index is 0.358. The van der Waals surface area contributed by atoms with Gasteiger partial charge in [-0.25, -0.2) is 0 Å². The molecule has 0 aliphatic heterocycles. The minimum atomic E-state index is 0.358. The number of nitrogens with zero attached hydrogens (tertiary/aromatic N) is 1. The van der Waals surface area contributed by atoms with E-state index in [9.17, 15) is 0 Å². The predicted octanol–water partition coefficient (Wildman–Crippen LogP) is 4.03. The van der Waals surface area contributed by atoms with Gasteiger partial charge in [-0.05, 0) is 45.6 Å². The molecule has 0 spiro atoms. The Bertz CT molecular complexity index is 271. The summed E-state index contributed by atoms with van der Waals surface area (Å²) in [6.45, 7) is 17.4. The van der Waals surface area contributed by atoms with E-state index >= 15 is 0 Å². The predicted molar refractivity (Wildman–Crippen MR) is 78.6 cm³/mol. The molecule has 0 bridgehead atoms. The Kier molecular flexibility index (Phi) is 7.17. The van der Waals surface area contributed by atoms with Gasteiger partial charge in [0.2, 0.25) is 0 Å².